The van der Waals surface area contributed by atoms with E-state index in [9.17, 15) is 0 Å². The first kappa shape index (κ1) is 36.7. The Morgan fingerprint density at radius 2 is 0.758 bits per heavy atom. The van der Waals surface area contributed by atoms with E-state index in [0.29, 0.717) is 17.5 Å². The second-order valence-corrected chi connectivity index (χ2v) is 17.5. The topological polar surface area (TPSA) is 43.6 Å². The highest BCUT2D eigenvalue weighted by Gasteiger charge is 2.51. The first-order valence-corrected chi connectivity index (χ1v) is 22.6. The Hall–Kier alpha value is -8.73. The van der Waals surface area contributed by atoms with E-state index >= 15 is 0 Å². The van der Waals surface area contributed by atoms with Gasteiger partial charge in [-0.25, -0.2) is 15.0 Å². The van der Waals surface area contributed by atoms with Crippen molar-refractivity contribution in [3.05, 3.63) is 253 Å². The zero-order valence-electron chi connectivity index (χ0n) is 35.7. The molecule has 10 aromatic carbocycles. The van der Waals surface area contributed by atoms with Crippen molar-refractivity contribution in [3.8, 4) is 73.2 Å². The molecule has 2 aliphatic rings. The minimum absolute atomic E-state index is 0.437. The molecule has 0 aliphatic heterocycles. The molecule has 0 unspecified atom stereocenters. The normalized spacial score (nSPS) is 13.0. The summed E-state index contributed by atoms with van der Waals surface area (Å²) in [5.41, 5.74) is 18.8. The van der Waals surface area contributed by atoms with E-state index < -0.39 is 5.41 Å². The van der Waals surface area contributed by atoms with Crippen LogP contribution in [0.5, 0.6) is 0 Å². The molecule has 14 rings (SSSR count). The molecule has 4 heteroatoms. The third-order valence-electron chi connectivity index (χ3n) is 14.0. The number of aromatic nitrogens is 4. The van der Waals surface area contributed by atoms with Gasteiger partial charge in [0.2, 0.25) is 0 Å². The van der Waals surface area contributed by atoms with E-state index in [1.807, 2.05) is 60.7 Å². The fraction of sp³-hybridized carbons (Fsp3) is 0.0161. The Bertz CT molecular complexity index is 3820. The van der Waals surface area contributed by atoms with Gasteiger partial charge >= 0.3 is 0 Å². The molecule has 0 saturated carbocycles. The van der Waals surface area contributed by atoms with E-state index in [4.69, 9.17) is 15.0 Å². The van der Waals surface area contributed by atoms with Gasteiger partial charge in [0.05, 0.1) is 16.4 Å². The van der Waals surface area contributed by atoms with Crippen LogP contribution in [0.4, 0.5) is 0 Å². The standard InChI is InChI=1S/C62H38N4/c1-3-16-41(17-4-1)59-63-60(42-18-5-2-6-19-42)65-61(64-59)43-29-27-40(28-30-43)45-32-34-57-51(36-45)52-37-56-50(38-58(52)66(57)46-33-31-39-15-7-8-20-44(39)35-46)49-23-11-14-26-55(49)62(56)53-24-12-9-21-47(53)48-22-10-13-25-54(48)62/h1-38H. The number of hydrogen-bond donors (Lipinski definition) is 0. The molecule has 2 heterocycles. The van der Waals surface area contributed by atoms with Gasteiger partial charge in [0, 0.05) is 33.2 Å². The lowest BCUT2D eigenvalue weighted by molar-refractivity contribution is 0.795. The molecule has 4 nitrogen and oxygen atoms in total. The van der Waals surface area contributed by atoms with Crippen molar-refractivity contribution in [3.63, 3.8) is 0 Å². The summed E-state index contributed by atoms with van der Waals surface area (Å²) in [5, 5.41) is 4.89. The maximum Gasteiger partial charge on any atom is 0.164 e. The van der Waals surface area contributed by atoms with Gasteiger partial charge in [0.25, 0.3) is 0 Å². The van der Waals surface area contributed by atoms with Crippen LogP contribution in [0.2, 0.25) is 0 Å². The summed E-state index contributed by atoms with van der Waals surface area (Å²) in [6, 6.07) is 83.6. The van der Waals surface area contributed by atoms with Crippen LogP contribution in [0, 0.1) is 0 Å². The fourth-order valence-corrected chi connectivity index (χ4v) is 11.1. The highest BCUT2D eigenvalue weighted by molar-refractivity contribution is 6.13. The minimum Gasteiger partial charge on any atom is -0.309 e. The van der Waals surface area contributed by atoms with Gasteiger partial charge < -0.3 is 4.57 Å². The van der Waals surface area contributed by atoms with Crippen molar-refractivity contribution in [1.82, 2.24) is 19.5 Å². The van der Waals surface area contributed by atoms with Crippen LogP contribution in [-0.2, 0) is 5.41 Å². The van der Waals surface area contributed by atoms with Crippen LogP contribution in [-0.4, -0.2) is 19.5 Å². The van der Waals surface area contributed by atoms with E-state index in [1.54, 1.807) is 0 Å². The van der Waals surface area contributed by atoms with Crippen molar-refractivity contribution in [2.45, 2.75) is 5.41 Å². The van der Waals surface area contributed by atoms with Crippen molar-refractivity contribution in [2.75, 3.05) is 0 Å². The molecule has 0 N–H and O–H groups in total. The first-order chi connectivity index (χ1) is 32.7. The van der Waals surface area contributed by atoms with Crippen LogP contribution >= 0.6 is 0 Å². The minimum atomic E-state index is -0.437. The highest BCUT2D eigenvalue weighted by Crippen LogP contribution is 2.63. The van der Waals surface area contributed by atoms with Crippen LogP contribution in [0.25, 0.3) is 106 Å². The average molecular weight is 839 g/mol. The summed E-state index contributed by atoms with van der Waals surface area (Å²) in [5.74, 6) is 1.94. The molecule has 0 atom stereocenters. The molecule has 0 fully saturated rings. The molecule has 306 valence electrons. The van der Waals surface area contributed by atoms with Crippen LogP contribution in [0.15, 0.2) is 231 Å². The molecule has 12 aromatic rings. The third-order valence-corrected chi connectivity index (χ3v) is 14.0. The van der Waals surface area contributed by atoms with Gasteiger partial charge in [-0.3, -0.25) is 0 Å². The quantitative estimate of drug-likeness (QED) is 0.173. The van der Waals surface area contributed by atoms with Crippen molar-refractivity contribution >= 4 is 32.6 Å². The lowest BCUT2D eigenvalue weighted by atomic mass is 9.70. The molecular formula is C62H38N4. The smallest absolute Gasteiger partial charge is 0.164 e. The fourth-order valence-electron chi connectivity index (χ4n) is 11.1. The Morgan fingerprint density at radius 1 is 0.288 bits per heavy atom. The van der Waals surface area contributed by atoms with E-state index in [0.717, 1.165) is 33.5 Å². The summed E-state index contributed by atoms with van der Waals surface area (Å²) < 4.78 is 2.48. The maximum absolute atomic E-state index is 5.00. The number of benzene rings is 10. The zero-order valence-corrected chi connectivity index (χ0v) is 35.7. The predicted molar refractivity (Wildman–Crippen MR) is 270 cm³/mol. The van der Waals surface area contributed by atoms with Crippen molar-refractivity contribution in [2.24, 2.45) is 0 Å². The lowest BCUT2D eigenvalue weighted by Crippen LogP contribution is -2.25. The predicted octanol–water partition coefficient (Wildman–Crippen LogP) is 15.1. The van der Waals surface area contributed by atoms with Crippen LogP contribution in [0.3, 0.4) is 0 Å². The molecule has 0 radical (unpaired) electrons. The second-order valence-electron chi connectivity index (χ2n) is 17.5. The monoisotopic (exact) mass is 838 g/mol. The van der Waals surface area contributed by atoms with Crippen molar-refractivity contribution in [1.29, 1.82) is 0 Å². The van der Waals surface area contributed by atoms with Crippen molar-refractivity contribution < 1.29 is 0 Å². The second kappa shape index (κ2) is 14.1. The van der Waals surface area contributed by atoms with Gasteiger partial charge in [-0.15, -0.1) is 0 Å². The third kappa shape index (κ3) is 5.30. The van der Waals surface area contributed by atoms with Gasteiger partial charge in [0.1, 0.15) is 0 Å². The maximum atomic E-state index is 5.00. The first-order valence-electron chi connectivity index (χ1n) is 22.6. The molecule has 1 spiro atoms. The van der Waals surface area contributed by atoms with Crippen LogP contribution in [0.1, 0.15) is 22.3 Å². The summed E-state index contributed by atoms with van der Waals surface area (Å²) >= 11 is 0. The molecule has 0 amide bonds. The van der Waals surface area contributed by atoms with Gasteiger partial charge in [-0.1, -0.05) is 194 Å². The van der Waals surface area contributed by atoms with E-state index in [2.05, 4.69) is 174 Å². The number of fused-ring (bicyclic) bond motifs is 14. The average Bonchev–Trinajstić information content (AvgIpc) is 3.99. The molecule has 2 aliphatic carbocycles. The number of nitrogens with zero attached hydrogens (tertiary/aromatic N) is 4. The molecule has 0 saturated heterocycles. The summed E-state index contributed by atoms with van der Waals surface area (Å²) in [4.78, 5) is 14.9. The van der Waals surface area contributed by atoms with Gasteiger partial charge in [0.15, 0.2) is 17.5 Å². The van der Waals surface area contributed by atoms with Crippen LogP contribution < -0.4 is 0 Å². The molecular weight excluding hydrogens is 801 g/mol. The Kier molecular flexibility index (Phi) is 7.87. The Morgan fingerprint density at radius 3 is 1.36 bits per heavy atom. The largest absolute Gasteiger partial charge is 0.309 e. The molecule has 66 heavy (non-hydrogen) atoms. The zero-order chi connectivity index (χ0) is 43.3. The summed E-state index contributed by atoms with van der Waals surface area (Å²) in [7, 11) is 0. The van der Waals surface area contributed by atoms with Gasteiger partial charge in [-0.05, 0) is 103 Å². The molecule has 2 aromatic heterocycles. The number of rotatable bonds is 5. The summed E-state index contributed by atoms with van der Waals surface area (Å²) in [6.07, 6.45) is 0. The van der Waals surface area contributed by atoms with E-state index in [1.165, 1.54) is 77.1 Å². The number of hydrogen-bond acceptors (Lipinski definition) is 3. The Labute approximate surface area is 381 Å². The highest BCUT2D eigenvalue weighted by atomic mass is 15.0. The summed E-state index contributed by atoms with van der Waals surface area (Å²) in [6.45, 7) is 0. The lowest BCUT2D eigenvalue weighted by Gasteiger charge is -2.30. The van der Waals surface area contributed by atoms with Gasteiger partial charge in [-0.2, -0.15) is 0 Å². The van der Waals surface area contributed by atoms with E-state index in [-0.39, 0.29) is 0 Å². The molecule has 0 bridgehead atoms. The SMILES string of the molecule is c1ccc(-c2nc(-c3ccccc3)nc(-c3ccc(-c4ccc5c(c4)c4cc6c(cc4n5-c4ccc5ccccc5c4)-c4ccccc4C64c5ccccc5-c5ccccc54)cc3)n2)cc1. The Balaban J connectivity index is 0.973.